The van der Waals surface area contributed by atoms with Crippen molar-refractivity contribution in [1.29, 1.82) is 0 Å². The molecule has 1 aromatic carbocycles. The normalized spacial score (nSPS) is 16.4. The number of para-hydroxylation sites is 1. The smallest absolute Gasteiger partial charge is 0.224 e. The standard InChI is InChI=1S/C17H24N4O3S/c1-25(23,24)13-12-19-8-10-20(11-9-19)17(22)6-7-21-16-5-3-2-4-15(16)14-18-21/h2-5,14H,6-13H2,1H3. The molecule has 25 heavy (non-hydrogen) atoms. The van der Waals surface area contributed by atoms with Gasteiger partial charge in [0.1, 0.15) is 9.84 Å². The fourth-order valence-electron chi connectivity index (χ4n) is 3.08. The van der Waals surface area contributed by atoms with Crippen LogP contribution in [-0.4, -0.2) is 78.6 Å². The molecule has 8 heteroatoms. The Morgan fingerprint density at radius 2 is 1.84 bits per heavy atom. The molecule has 1 amide bonds. The minimum atomic E-state index is -2.94. The zero-order chi connectivity index (χ0) is 17.9. The van der Waals surface area contributed by atoms with E-state index in [1.54, 1.807) is 0 Å². The summed E-state index contributed by atoms with van der Waals surface area (Å²) in [4.78, 5) is 16.4. The lowest BCUT2D eigenvalue weighted by atomic mass is 10.2. The van der Waals surface area contributed by atoms with Crippen LogP contribution in [0.1, 0.15) is 6.42 Å². The van der Waals surface area contributed by atoms with Gasteiger partial charge in [-0.15, -0.1) is 0 Å². The Labute approximate surface area is 148 Å². The average molecular weight is 364 g/mol. The predicted octanol–water partition coefficient (Wildman–Crippen LogP) is 0.615. The van der Waals surface area contributed by atoms with E-state index >= 15 is 0 Å². The van der Waals surface area contributed by atoms with Crippen molar-refractivity contribution >= 4 is 26.6 Å². The summed E-state index contributed by atoms with van der Waals surface area (Å²) in [6.07, 6.45) is 3.50. The fraction of sp³-hybridized carbons (Fsp3) is 0.529. The molecule has 1 aliphatic rings. The first-order valence-corrected chi connectivity index (χ1v) is 10.6. The number of aryl methyl sites for hydroxylation is 1. The topological polar surface area (TPSA) is 75.5 Å². The summed E-state index contributed by atoms with van der Waals surface area (Å²) >= 11 is 0. The van der Waals surface area contributed by atoms with Crippen molar-refractivity contribution in [3.63, 3.8) is 0 Å². The summed E-state index contributed by atoms with van der Waals surface area (Å²) in [5, 5.41) is 5.43. The Balaban J connectivity index is 1.47. The van der Waals surface area contributed by atoms with Crippen molar-refractivity contribution in [2.24, 2.45) is 0 Å². The van der Waals surface area contributed by atoms with Gasteiger partial charge in [-0.05, 0) is 6.07 Å². The number of amides is 1. The molecule has 2 heterocycles. The van der Waals surface area contributed by atoms with Crippen molar-refractivity contribution in [2.75, 3.05) is 44.7 Å². The quantitative estimate of drug-likeness (QED) is 0.751. The van der Waals surface area contributed by atoms with Crippen molar-refractivity contribution in [3.8, 4) is 0 Å². The second-order valence-electron chi connectivity index (χ2n) is 6.53. The number of benzene rings is 1. The van der Waals surface area contributed by atoms with Crippen molar-refractivity contribution in [1.82, 2.24) is 19.6 Å². The third-order valence-electron chi connectivity index (χ3n) is 4.59. The van der Waals surface area contributed by atoms with Gasteiger partial charge in [0.15, 0.2) is 0 Å². The SMILES string of the molecule is CS(=O)(=O)CCN1CCN(C(=O)CCn2ncc3ccccc32)CC1. The molecule has 0 atom stereocenters. The van der Waals surface area contributed by atoms with E-state index in [-0.39, 0.29) is 11.7 Å². The molecule has 7 nitrogen and oxygen atoms in total. The molecule has 0 spiro atoms. The lowest BCUT2D eigenvalue weighted by Gasteiger charge is -2.34. The summed E-state index contributed by atoms with van der Waals surface area (Å²) in [6, 6.07) is 7.96. The highest BCUT2D eigenvalue weighted by atomic mass is 32.2. The lowest BCUT2D eigenvalue weighted by molar-refractivity contribution is -0.133. The number of fused-ring (bicyclic) bond motifs is 1. The van der Waals surface area contributed by atoms with Crippen molar-refractivity contribution < 1.29 is 13.2 Å². The summed E-state index contributed by atoms with van der Waals surface area (Å²) < 4.78 is 24.3. The van der Waals surface area contributed by atoms with E-state index in [9.17, 15) is 13.2 Å². The maximum Gasteiger partial charge on any atom is 0.224 e. The van der Waals surface area contributed by atoms with Crippen molar-refractivity contribution in [3.05, 3.63) is 30.5 Å². The number of sulfone groups is 1. The largest absolute Gasteiger partial charge is 0.340 e. The number of hydrogen-bond donors (Lipinski definition) is 0. The number of piperazine rings is 1. The van der Waals surface area contributed by atoms with Crippen LogP contribution in [0.5, 0.6) is 0 Å². The second kappa shape index (κ2) is 7.53. The fourth-order valence-corrected chi connectivity index (χ4v) is 3.67. The Morgan fingerprint density at radius 1 is 1.12 bits per heavy atom. The molecule has 1 saturated heterocycles. The van der Waals surface area contributed by atoms with Crippen molar-refractivity contribution in [2.45, 2.75) is 13.0 Å². The summed E-state index contributed by atoms with van der Waals surface area (Å²) in [7, 11) is -2.94. The van der Waals surface area contributed by atoms with Crippen LogP contribution >= 0.6 is 0 Å². The van der Waals surface area contributed by atoms with Crippen LogP contribution in [0.4, 0.5) is 0 Å². The molecule has 136 valence electrons. The van der Waals surface area contributed by atoms with Gasteiger partial charge < -0.3 is 4.90 Å². The third kappa shape index (κ3) is 4.79. The van der Waals surface area contributed by atoms with Gasteiger partial charge in [-0.25, -0.2) is 8.42 Å². The third-order valence-corrected chi connectivity index (χ3v) is 5.52. The highest BCUT2D eigenvalue weighted by Gasteiger charge is 2.21. The first kappa shape index (κ1) is 17.9. The monoisotopic (exact) mass is 364 g/mol. The molecule has 2 aromatic rings. The minimum absolute atomic E-state index is 0.127. The highest BCUT2D eigenvalue weighted by Crippen LogP contribution is 2.13. The number of nitrogens with zero attached hydrogens (tertiary/aromatic N) is 4. The highest BCUT2D eigenvalue weighted by molar-refractivity contribution is 7.90. The van der Waals surface area contributed by atoms with Crippen LogP contribution in [0, 0.1) is 0 Å². The summed E-state index contributed by atoms with van der Waals surface area (Å²) in [5.74, 6) is 0.301. The van der Waals surface area contributed by atoms with Crippen LogP contribution < -0.4 is 0 Å². The number of hydrogen-bond acceptors (Lipinski definition) is 5. The Bertz CT molecular complexity index is 838. The number of rotatable bonds is 6. The van der Waals surface area contributed by atoms with E-state index in [0.29, 0.717) is 32.6 Å². The Hall–Kier alpha value is -1.93. The molecule has 0 bridgehead atoms. The molecule has 0 N–H and O–H groups in total. The predicted molar refractivity (Wildman–Crippen MR) is 97.1 cm³/mol. The minimum Gasteiger partial charge on any atom is -0.340 e. The lowest BCUT2D eigenvalue weighted by Crippen LogP contribution is -2.49. The number of aromatic nitrogens is 2. The first-order chi connectivity index (χ1) is 11.9. The average Bonchev–Trinajstić information content (AvgIpc) is 3.01. The number of carbonyl (C=O) groups excluding carboxylic acids is 1. The van der Waals surface area contributed by atoms with E-state index in [1.165, 1.54) is 6.26 Å². The van der Waals surface area contributed by atoms with Gasteiger partial charge in [-0.3, -0.25) is 14.4 Å². The van der Waals surface area contributed by atoms with E-state index in [2.05, 4.69) is 10.00 Å². The van der Waals surface area contributed by atoms with Crippen LogP contribution in [-0.2, 0) is 21.2 Å². The van der Waals surface area contributed by atoms with E-state index in [1.807, 2.05) is 40.0 Å². The van der Waals surface area contributed by atoms with Gasteiger partial charge in [0, 0.05) is 50.8 Å². The molecule has 3 rings (SSSR count). The second-order valence-corrected chi connectivity index (χ2v) is 8.79. The van der Waals surface area contributed by atoms with Gasteiger partial charge >= 0.3 is 0 Å². The zero-order valence-electron chi connectivity index (χ0n) is 14.5. The van der Waals surface area contributed by atoms with Crippen LogP contribution in [0.2, 0.25) is 0 Å². The number of carbonyl (C=O) groups is 1. The van der Waals surface area contributed by atoms with Crippen LogP contribution in [0.25, 0.3) is 10.9 Å². The van der Waals surface area contributed by atoms with Gasteiger partial charge in [0.2, 0.25) is 5.91 Å². The summed E-state index contributed by atoms with van der Waals surface area (Å²) in [6.45, 7) is 3.88. The van der Waals surface area contributed by atoms with E-state index in [4.69, 9.17) is 0 Å². The molecule has 0 unspecified atom stereocenters. The molecular formula is C17H24N4O3S. The molecule has 1 aliphatic heterocycles. The molecule has 0 aliphatic carbocycles. The molecule has 0 saturated carbocycles. The zero-order valence-corrected chi connectivity index (χ0v) is 15.3. The maximum atomic E-state index is 12.4. The first-order valence-electron chi connectivity index (χ1n) is 8.51. The maximum absolute atomic E-state index is 12.4. The Morgan fingerprint density at radius 3 is 2.56 bits per heavy atom. The van der Waals surface area contributed by atoms with Gasteiger partial charge in [0.05, 0.1) is 24.0 Å². The van der Waals surface area contributed by atoms with Gasteiger partial charge in [0.25, 0.3) is 0 Å². The van der Waals surface area contributed by atoms with Gasteiger partial charge in [-0.1, -0.05) is 18.2 Å². The molecule has 1 fully saturated rings. The summed E-state index contributed by atoms with van der Waals surface area (Å²) in [5.41, 5.74) is 1.04. The van der Waals surface area contributed by atoms with Crippen LogP contribution in [0.15, 0.2) is 30.5 Å². The molecule has 1 aromatic heterocycles. The van der Waals surface area contributed by atoms with Gasteiger partial charge in [-0.2, -0.15) is 5.10 Å². The van der Waals surface area contributed by atoms with E-state index < -0.39 is 9.84 Å². The van der Waals surface area contributed by atoms with E-state index in [0.717, 1.165) is 24.0 Å². The molecule has 0 radical (unpaired) electrons. The molecular weight excluding hydrogens is 340 g/mol. The Kier molecular flexibility index (Phi) is 5.39. The van der Waals surface area contributed by atoms with Crippen LogP contribution in [0.3, 0.4) is 0 Å².